The van der Waals surface area contributed by atoms with Crippen LogP contribution in [-0.4, -0.2) is 23.2 Å². The zero-order valence-corrected chi connectivity index (χ0v) is 21.0. The normalized spacial score (nSPS) is 14.7. The molecule has 34 heavy (non-hydrogen) atoms. The van der Waals surface area contributed by atoms with Crippen molar-refractivity contribution >= 4 is 56.5 Å². The van der Waals surface area contributed by atoms with Crippen molar-refractivity contribution in [2.24, 2.45) is 0 Å². The summed E-state index contributed by atoms with van der Waals surface area (Å²) in [4.78, 5) is 26.9. The molecule has 4 rings (SSSR count). The molecule has 0 radical (unpaired) electrons. The number of halogens is 3. The number of carbonyl (C=O) groups excluding carboxylic acids is 2. The third-order valence-electron chi connectivity index (χ3n) is 4.98. The van der Waals surface area contributed by atoms with E-state index in [4.69, 9.17) is 21.1 Å². The monoisotopic (exact) mass is 561 g/mol. The molecule has 2 amide bonds. The van der Waals surface area contributed by atoms with Gasteiger partial charge in [0.1, 0.15) is 12.4 Å². The molecule has 0 N–H and O–H groups in total. The standard InChI is InChI=1S/C25H18BrClFNO4S/c1-32-21-11-16(10-19(26)23(21)33-14-15-5-4-7-18(28)9-15)12-22-24(30)29(25(31)34-22)13-17-6-2-3-8-20(17)27/h2-12H,13-14H2,1H3/b22-12-. The Labute approximate surface area is 213 Å². The van der Waals surface area contributed by atoms with Crippen molar-refractivity contribution < 1.29 is 23.5 Å². The largest absolute Gasteiger partial charge is 0.493 e. The van der Waals surface area contributed by atoms with Gasteiger partial charge in [0, 0.05) is 5.02 Å². The maximum absolute atomic E-state index is 13.4. The van der Waals surface area contributed by atoms with Crippen LogP contribution in [0.2, 0.25) is 5.02 Å². The number of amides is 2. The molecule has 0 aromatic heterocycles. The first-order valence-electron chi connectivity index (χ1n) is 10.1. The number of thioether (sulfide) groups is 1. The SMILES string of the molecule is COc1cc(/C=C2\SC(=O)N(Cc3ccccc3Cl)C2=O)cc(Br)c1OCc1cccc(F)c1. The minimum Gasteiger partial charge on any atom is -0.493 e. The lowest BCUT2D eigenvalue weighted by atomic mass is 10.1. The van der Waals surface area contributed by atoms with Gasteiger partial charge in [-0.25, -0.2) is 4.39 Å². The maximum atomic E-state index is 13.4. The zero-order valence-electron chi connectivity index (χ0n) is 17.9. The molecule has 5 nitrogen and oxygen atoms in total. The van der Waals surface area contributed by atoms with E-state index in [0.29, 0.717) is 42.6 Å². The van der Waals surface area contributed by atoms with E-state index < -0.39 is 5.91 Å². The van der Waals surface area contributed by atoms with E-state index in [-0.39, 0.29) is 24.2 Å². The number of ether oxygens (including phenoxy) is 2. The number of hydrogen-bond acceptors (Lipinski definition) is 5. The Bertz CT molecular complexity index is 1300. The van der Waals surface area contributed by atoms with Gasteiger partial charge in [0.15, 0.2) is 11.5 Å². The number of methoxy groups -OCH3 is 1. The third kappa shape index (κ3) is 5.46. The lowest BCUT2D eigenvalue weighted by Crippen LogP contribution is -2.27. The van der Waals surface area contributed by atoms with Crippen LogP contribution in [0, 0.1) is 5.82 Å². The molecule has 3 aromatic carbocycles. The van der Waals surface area contributed by atoms with Crippen molar-refractivity contribution in [2.75, 3.05) is 7.11 Å². The number of hydrogen-bond donors (Lipinski definition) is 0. The molecule has 0 unspecified atom stereocenters. The van der Waals surface area contributed by atoms with Crippen LogP contribution in [0.4, 0.5) is 9.18 Å². The topological polar surface area (TPSA) is 55.8 Å². The Balaban J connectivity index is 1.54. The molecule has 0 bridgehead atoms. The highest BCUT2D eigenvalue weighted by molar-refractivity contribution is 9.10. The molecule has 0 saturated carbocycles. The second-order valence-corrected chi connectivity index (χ2v) is 9.57. The van der Waals surface area contributed by atoms with Crippen molar-refractivity contribution in [1.82, 2.24) is 4.90 Å². The van der Waals surface area contributed by atoms with Gasteiger partial charge >= 0.3 is 0 Å². The molecular weight excluding hydrogens is 545 g/mol. The van der Waals surface area contributed by atoms with E-state index in [0.717, 1.165) is 11.8 Å². The fraction of sp³-hybridized carbons (Fsp3) is 0.120. The van der Waals surface area contributed by atoms with Gasteiger partial charge in [0.2, 0.25) is 0 Å². The van der Waals surface area contributed by atoms with E-state index in [1.807, 2.05) is 0 Å². The summed E-state index contributed by atoms with van der Waals surface area (Å²) in [6, 6.07) is 16.7. The van der Waals surface area contributed by atoms with Crippen LogP contribution in [-0.2, 0) is 17.9 Å². The Hall–Kier alpha value is -2.81. The average molecular weight is 563 g/mol. The molecule has 0 aliphatic carbocycles. The second kappa shape index (κ2) is 10.6. The highest BCUT2D eigenvalue weighted by Gasteiger charge is 2.35. The molecule has 1 heterocycles. The van der Waals surface area contributed by atoms with Gasteiger partial charge < -0.3 is 9.47 Å². The van der Waals surface area contributed by atoms with Gasteiger partial charge in [-0.1, -0.05) is 41.9 Å². The van der Waals surface area contributed by atoms with Crippen molar-refractivity contribution in [3.05, 3.63) is 97.6 Å². The smallest absolute Gasteiger partial charge is 0.293 e. The van der Waals surface area contributed by atoms with E-state index in [2.05, 4.69) is 15.9 Å². The first-order chi connectivity index (χ1) is 16.4. The summed E-state index contributed by atoms with van der Waals surface area (Å²) < 4.78 is 25.3. The summed E-state index contributed by atoms with van der Waals surface area (Å²) in [5.74, 6) is 0.130. The predicted octanol–water partition coefficient (Wildman–Crippen LogP) is 7.07. The Kier molecular flexibility index (Phi) is 7.60. The van der Waals surface area contributed by atoms with Gasteiger partial charge in [-0.3, -0.25) is 14.5 Å². The van der Waals surface area contributed by atoms with E-state index in [9.17, 15) is 14.0 Å². The molecule has 9 heteroatoms. The summed E-state index contributed by atoms with van der Waals surface area (Å²) in [7, 11) is 1.50. The quantitative estimate of drug-likeness (QED) is 0.288. The lowest BCUT2D eigenvalue weighted by Gasteiger charge is -2.14. The summed E-state index contributed by atoms with van der Waals surface area (Å²) >= 11 is 10.5. The summed E-state index contributed by atoms with van der Waals surface area (Å²) in [5, 5.41) is 0.130. The average Bonchev–Trinajstić information content (AvgIpc) is 3.06. The van der Waals surface area contributed by atoms with Crippen LogP contribution in [0.3, 0.4) is 0 Å². The molecule has 1 aliphatic heterocycles. The van der Waals surface area contributed by atoms with Crippen LogP contribution in [0.15, 0.2) is 70.0 Å². The summed E-state index contributed by atoms with van der Waals surface area (Å²) in [6.07, 6.45) is 1.63. The number of benzene rings is 3. The number of carbonyl (C=O) groups is 2. The van der Waals surface area contributed by atoms with Crippen molar-refractivity contribution in [2.45, 2.75) is 13.2 Å². The Morgan fingerprint density at radius 3 is 2.65 bits per heavy atom. The molecule has 0 spiro atoms. The molecule has 0 atom stereocenters. The first kappa shape index (κ1) is 24.3. The molecule has 1 aliphatic rings. The molecule has 174 valence electrons. The van der Waals surface area contributed by atoms with Crippen molar-refractivity contribution in [3.63, 3.8) is 0 Å². The highest BCUT2D eigenvalue weighted by atomic mass is 79.9. The minimum atomic E-state index is -0.392. The molecule has 1 fully saturated rings. The fourth-order valence-electron chi connectivity index (χ4n) is 3.33. The van der Waals surface area contributed by atoms with Gasteiger partial charge in [0.05, 0.1) is 23.0 Å². The van der Waals surface area contributed by atoms with Crippen molar-refractivity contribution in [3.8, 4) is 11.5 Å². The van der Waals surface area contributed by atoms with E-state index >= 15 is 0 Å². The second-order valence-electron chi connectivity index (χ2n) is 7.31. The van der Waals surface area contributed by atoms with E-state index in [1.165, 1.54) is 24.1 Å². The van der Waals surface area contributed by atoms with Crippen molar-refractivity contribution in [1.29, 1.82) is 0 Å². The Morgan fingerprint density at radius 1 is 1.12 bits per heavy atom. The number of imide groups is 1. The first-order valence-corrected chi connectivity index (χ1v) is 12.1. The predicted molar refractivity (Wildman–Crippen MR) is 134 cm³/mol. The lowest BCUT2D eigenvalue weighted by molar-refractivity contribution is -0.123. The van der Waals surface area contributed by atoms with Crippen LogP contribution in [0.25, 0.3) is 6.08 Å². The summed E-state index contributed by atoms with van der Waals surface area (Å²) in [6.45, 7) is 0.245. The minimum absolute atomic E-state index is 0.0988. The summed E-state index contributed by atoms with van der Waals surface area (Å²) in [5.41, 5.74) is 2.01. The Morgan fingerprint density at radius 2 is 1.91 bits per heavy atom. The zero-order chi connectivity index (χ0) is 24.2. The maximum Gasteiger partial charge on any atom is 0.293 e. The molecule has 3 aromatic rings. The van der Waals surface area contributed by atoms with Gasteiger partial charge in [-0.15, -0.1) is 0 Å². The number of nitrogens with zero attached hydrogens (tertiary/aromatic N) is 1. The molecular formula is C25H18BrClFNO4S. The third-order valence-corrected chi connectivity index (χ3v) is 6.85. The van der Waals surface area contributed by atoms with Gasteiger partial charge in [-0.2, -0.15) is 0 Å². The number of rotatable bonds is 7. The molecule has 1 saturated heterocycles. The van der Waals surface area contributed by atoms with Crippen LogP contribution >= 0.6 is 39.3 Å². The van der Waals surface area contributed by atoms with E-state index in [1.54, 1.807) is 54.6 Å². The fourth-order valence-corrected chi connectivity index (χ4v) is 4.94. The van der Waals surface area contributed by atoms with Crippen LogP contribution in [0.1, 0.15) is 16.7 Å². The van der Waals surface area contributed by atoms with Crippen LogP contribution in [0.5, 0.6) is 11.5 Å². The van der Waals surface area contributed by atoms with Crippen LogP contribution < -0.4 is 9.47 Å². The van der Waals surface area contributed by atoms with Gasteiger partial charge in [-0.05, 0) is 80.8 Å². The van der Waals surface area contributed by atoms with Gasteiger partial charge in [0.25, 0.3) is 11.1 Å². The highest BCUT2D eigenvalue weighted by Crippen LogP contribution is 2.40.